The first-order valence-corrected chi connectivity index (χ1v) is 8.34. The number of nitrogens with zero attached hydrogens (tertiary/aromatic N) is 1. The molecule has 1 aliphatic rings. The van der Waals surface area contributed by atoms with Crippen LogP contribution in [0.3, 0.4) is 0 Å². The molecule has 1 fully saturated rings. The molecule has 2 aromatic rings. The molecule has 0 radical (unpaired) electrons. The van der Waals surface area contributed by atoms with E-state index in [1.54, 1.807) is 0 Å². The molecule has 0 amide bonds. The SMILES string of the molecule is O=C(CN1C[C@H](CO)[C@@H](c2ccccc2)C1)OCc1ccccc1. The zero-order valence-electron chi connectivity index (χ0n) is 13.7. The van der Waals surface area contributed by atoms with Crippen molar-refractivity contribution in [3.63, 3.8) is 0 Å². The Kier molecular flexibility index (Phi) is 5.62. The lowest BCUT2D eigenvalue weighted by Gasteiger charge is -2.16. The number of benzene rings is 2. The van der Waals surface area contributed by atoms with E-state index in [0.717, 1.165) is 18.7 Å². The van der Waals surface area contributed by atoms with Crippen LogP contribution in [0.5, 0.6) is 0 Å². The predicted octanol–water partition coefficient (Wildman–Crippen LogP) is 2.44. The zero-order valence-corrected chi connectivity index (χ0v) is 13.7. The summed E-state index contributed by atoms with van der Waals surface area (Å²) in [5.41, 5.74) is 2.21. The molecule has 2 aromatic carbocycles. The highest BCUT2D eigenvalue weighted by Gasteiger charge is 2.34. The van der Waals surface area contributed by atoms with Crippen molar-refractivity contribution in [2.75, 3.05) is 26.2 Å². The van der Waals surface area contributed by atoms with Gasteiger partial charge in [0.1, 0.15) is 6.61 Å². The fraction of sp³-hybridized carbons (Fsp3) is 0.350. The van der Waals surface area contributed by atoms with E-state index in [0.29, 0.717) is 6.61 Å². The van der Waals surface area contributed by atoms with Gasteiger partial charge in [-0.05, 0) is 11.1 Å². The van der Waals surface area contributed by atoms with Gasteiger partial charge in [0.25, 0.3) is 0 Å². The van der Waals surface area contributed by atoms with Gasteiger partial charge < -0.3 is 9.84 Å². The van der Waals surface area contributed by atoms with E-state index >= 15 is 0 Å². The van der Waals surface area contributed by atoms with E-state index in [4.69, 9.17) is 4.74 Å². The van der Waals surface area contributed by atoms with Gasteiger partial charge in [0.2, 0.25) is 0 Å². The van der Waals surface area contributed by atoms with Gasteiger partial charge in [-0.3, -0.25) is 9.69 Å². The van der Waals surface area contributed by atoms with E-state index in [9.17, 15) is 9.90 Å². The predicted molar refractivity (Wildman–Crippen MR) is 92.4 cm³/mol. The van der Waals surface area contributed by atoms with Crippen LogP contribution in [0.15, 0.2) is 60.7 Å². The quantitative estimate of drug-likeness (QED) is 0.829. The van der Waals surface area contributed by atoms with E-state index in [1.165, 1.54) is 5.56 Å². The number of esters is 1. The lowest BCUT2D eigenvalue weighted by Crippen LogP contribution is -2.29. The summed E-state index contributed by atoms with van der Waals surface area (Å²) in [6.45, 7) is 2.20. The average Bonchev–Trinajstić information content (AvgIpc) is 3.04. The van der Waals surface area contributed by atoms with Crippen molar-refractivity contribution < 1.29 is 14.6 Å². The van der Waals surface area contributed by atoms with Crippen molar-refractivity contribution in [3.8, 4) is 0 Å². The number of aliphatic hydroxyl groups is 1. The first-order valence-electron chi connectivity index (χ1n) is 8.34. The number of likely N-dealkylation sites (tertiary alicyclic amines) is 1. The standard InChI is InChI=1S/C20H23NO3/c22-14-18-11-21(12-19(18)17-9-5-2-6-10-17)13-20(23)24-15-16-7-3-1-4-8-16/h1-10,18-19,22H,11-15H2/t18-,19-/m1/s1. The molecule has 1 N–H and O–H groups in total. The summed E-state index contributed by atoms with van der Waals surface area (Å²) in [5, 5.41) is 9.66. The second-order valence-corrected chi connectivity index (χ2v) is 6.30. The van der Waals surface area contributed by atoms with Crippen LogP contribution >= 0.6 is 0 Å². The summed E-state index contributed by atoms with van der Waals surface area (Å²) in [6.07, 6.45) is 0. The van der Waals surface area contributed by atoms with E-state index in [1.807, 2.05) is 48.5 Å². The molecule has 4 heteroatoms. The second-order valence-electron chi connectivity index (χ2n) is 6.30. The highest BCUT2D eigenvalue weighted by atomic mass is 16.5. The van der Waals surface area contributed by atoms with Gasteiger partial charge >= 0.3 is 5.97 Å². The Hall–Kier alpha value is -2.17. The molecule has 4 nitrogen and oxygen atoms in total. The molecule has 0 bridgehead atoms. The number of rotatable bonds is 6. The van der Waals surface area contributed by atoms with Crippen molar-refractivity contribution in [2.45, 2.75) is 12.5 Å². The largest absolute Gasteiger partial charge is 0.460 e. The van der Waals surface area contributed by atoms with Gasteiger partial charge in [-0.15, -0.1) is 0 Å². The number of carbonyl (C=O) groups is 1. The van der Waals surface area contributed by atoms with E-state index in [2.05, 4.69) is 17.0 Å². The summed E-state index contributed by atoms with van der Waals surface area (Å²) in [6, 6.07) is 19.9. The molecule has 0 unspecified atom stereocenters. The third kappa shape index (κ3) is 4.22. The van der Waals surface area contributed by atoms with Crippen LogP contribution in [0.2, 0.25) is 0 Å². The normalized spacial score (nSPS) is 20.9. The highest BCUT2D eigenvalue weighted by Crippen LogP contribution is 2.32. The third-order valence-electron chi connectivity index (χ3n) is 4.57. The summed E-state index contributed by atoms with van der Waals surface area (Å²) < 4.78 is 5.36. The topological polar surface area (TPSA) is 49.8 Å². The molecule has 0 spiro atoms. The van der Waals surface area contributed by atoms with Crippen molar-refractivity contribution in [2.24, 2.45) is 5.92 Å². The highest BCUT2D eigenvalue weighted by molar-refractivity contribution is 5.71. The molecular formula is C20H23NO3. The molecule has 0 saturated carbocycles. The number of ether oxygens (including phenoxy) is 1. The van der Waals surface area contributed by atoms with E-state index in [-0.39, 0.29) is 31.0 Å². The lowest BCUT2D eigenvalue weighted by molar-refractivity contribution is -0.146. The maximum Gasteiger partial charge on any atom is 0.320 e. The smallest absolute Gasteiger partial charge is 0.320 e. The lowest BCUT2D eigenvalue weighted by atomic mass is 9.90. The molecule has 126 valence electrons. The van der Waals surface area contributed by atoms with Crippen LogP contribution in [0, 0.1) is 5.92 Å². The second kappa shape index (κ2) is 8.08. The summed E-state index contributed by atoms with van der Waals surface area (Å²) in [7, 11) is 0. The Morgan fingerprint density at radius 3 is 2.38 bits per heavy atom. The maximum absolute atomic E-state index is 12.1. The molecule has 1 aliphatic heterocycles. The van der Waals surface area contributed by atoms with Gasteiger partial charge in [0.05, 0.1) is 6.54 Å². The van der Waals surface area contributed by atoms with E-state index < -0.39 is 0 Å². The average molecular weight is 325 g/mol. The Balaban J connectivity index is 1.53. The molecule has 2 atom stereocenters. The van der Waals surface area contributed by atoms with Crippen LogP contribution in [0.4, 0.5) is 0 Å². The number of carbonyl (C=O) groups excluding carboxylic acids is 1. The Morgan fingerprint density at radius 1 is 1.04 bits per heavy atom. The van der Waals surface area contributed by atoms with Crippen LogP contribution in [-0.4, -0.2) is 42.2 Å². The van der Waals surface area contributed by atoms with Crippen molar-refractivity contribution in [1.82, 2.24) is 4.90 Å². The van der Waals surface area contributed by atoms with Crippen LogP contribution in [0.25, 0.3) is 0 Å². The molecule has 0 aromatic heterocycles. The fourth-order valence-corrected chi connectivity index (χ4v) is 3.32. The first kappa shape index (κ1) is 16.7. The molecule has 0 aliphatic carbocycles. The zero-order chi connectivity index (χ0) is 16.8. The van der Waals surface area contributed by atoms with Gasteiger partial charge in [-0.25, -0.2) is 0 Å². The number of hydrogen-bond acceptors (Lipinski definition) is 4. The molecular weight excluding hydrogens is 302 g/mol. The molecule has 24 heavy (non-hydrogen) atoms. The van der Waals surface area contributed by atoms with Crippen molar-refractivity contribution in [3.05, 3.63) is 71.8 Å². The van der Waals surface area contributed by atoms with Gasteiger partial charge in [-0.2, -0.15) is 0 Å². The van der Waals surface area contributed by atoms with Gasteiger partial charge in [0, 0.05) is 31.5 Å². The molecule has 1 heterocycles. The van der Waals surface area contributed by atoms with Crippen molar-refractivity contribution in [1.29, 1.82) is 0 Å². The third-order valence-corrected chi connectivity index (χ3v) is 4.57. The minimum atomic E-state index is -0.218. The fourth-order valence-electron chi connectivity index (χ4n) is 3.32. The number of aliphatic hydroxyl groups excluding tert-OH is 1. The van der Waals surface area contributed by atoms with Crippen LogP contribution < -0.4 is 0 Å². The van der Waals surface area contributed by atoms with Gasteiger partial charge in [-0.1, -0.05) is 60.7 Å². The van der Waals surface area contributed by atoms with Gasteiger partial charge in [0.15, 0.2) is 0 Å². The molecule has 3 rings (SSSR count). The maximum atomic E-state index is 12.1. The summed E-state index contributed by atoms with van der Waals surface area (Å²) in [4.78, 5) is 14.2. The first-order chi connectivity index (χ1) is 11.8. The number of hydrogen-bond donors (Lipinski definition) is 1. The minimum absolute atomic E-state index is 0.134. The summed E-state index contributed by atoms with van der Waals surface area (Å²) in [5.74, 6) is 0.205. The Labute approximate surface area is 142 Å². The van der Waals surface area contributed by atoms with Crippen molar-refractivity contribution >= 4 is 5.97 Å². The summed E-state index contributed by atoms with van der Waals surface area (Å²) >= 11 is 0. The Bertz CT molecular complexity index is 644. The monoisotopic (exact) mass is 325 g/mol. The van der Waals surface area contributed by atoms with Crippen LogP contribution in [-0.2, 0) is 16.1 Å². The Morgan fingerprint density at radius 2 is 1.71 bits per heavy atom. The van der Waals surface area contributed by atoms with Crippen LogP contribution in [0.1, 0.15) is 17.0 Å². The minimum Gasteiger partial charge on any atom is -0.460 e. The molecule has 1 saturated heterocycles.